The molecule has 0 aromatic carbocycles. The van der Waals surface area contributed by atoms with E-state index in [2.05, 4.69) is 27.7 Å². The van der Waals surface area contributed by atoms with Crippen molar-refractivity contribution in [2.24, 2.45) is 5.73 Å². The van der Waals surface area contributed by atoms with Crippen molar-refractivity contribution in [1.82, 2.24) is 9.80 Å². The van der Waals surface area contributed by atoms with E-state index < -0.39 is 0 Å². The van der Waals surface area contributed by atoms with Gasteiger partial charge >= 0.3 is 6.03 Å². The van der Waals surface area contributed by atoms with Gasteiger partial charge in [0, 0.05) is 24.7 Å². The molecule has 1 fully saturated rings. The zero-order valence-electron chi connectivity index (χ0n) is 10.3. The Labute approximate surface area is 92.4 Å². The highest BCUT2D eigenvalue weighted by atomic mass is 16.2. The second-order valence-corrected chi connectivity index (χ2v) is 5.07. The van der Waals surface area contributed by atoms with Crippen LogP contribution in [-0.2, 0) is 0 Å². The fourth-order valence-corrected chi connectivity index (χ4v) is 2.08. The van der Waals surface area contributed by atoms with Crippen LogP contribution in [-0.4, -0.2) is 47.0 Å². The molecular weight excluding hydrogens is 190 g/mol. The zero-order chi connectivity index (χ0) is 11.6. The van der Waals surface area contributed by atoms with Gasteiger partial charge in [-0.3, -0.25) is 0 Å². The summed E-state index contributed by atoms with van der Waals surface area (Å²) >= 11 is 0. The molecule has 88 valence electrons. The lowest BCUT2D eigenvalue weighted by Gasteiger charge is -2.35. The monoisotopic (exact) mass is 213 g/mol. The molecule has 0 atom stereocenters. The Bertz CT molecular complexity index is 238. The molecule has 1 aliphatic rings. The molecule has 1 heterocycles. The van der Waals surface area contributed by atoms with Gasteiger partial charge in [0.2, 0.25) is 0 Å². The summed E-state index contributed by atoms with van der Waals surface area (Å²) in [4.78, 5) is 15.9. The summed E-state index contributed by atoms with van der Waals surface area (Å²) in [6.45, 7) is 10.6. The third kappa shape index (κ3) is 2.43. The van der Waals surface area contributed by atoms with Crippen LogP contribution in [0.5, 0.6) is 0 Å². The van der Waals surface area contributed by atoms with E-state index in [0.29, 0.717) is 6.54 Å². The van der Waals surface area contributed by atoms with Crippen molar-refractivity contribution in [2.75, 3.05) is 19.6 Å². The highest BCUT2D eigenvalue weighted by molar-refractivity contribution is 5.77. The molecule has 0 bridgehead atoms. The predicted octanol–water partition coefficient (Wildman–Crippen LogP) is 1.26. The minimum absolute atomic E-state index is 0.116. The van der Waals surface area contributed by atoms with Gasteiger partial charge in [0.1, 0.15) is 0 Å². The first-order valence-corrected chi connectivity index (χ1v) is 5.68. The lowest BCUT2D eigenvalue weighted by Crippen LogP contribution is -2.48. The maximum atomic E-state index is 12.1. The van der Waals surface area contributed by atoms with Gasteiger partial charge < -0.3 is 15.5 Å². The van der Waals surface area contributed by atoms with Crippen molar-refractivity contribution in [3.05, 3.63) is 0 Å². The first kappa shape index (κ1) is 12.3. The predicted molar refractivity (Wildman–Crippen MR) is 61.7 cm³/mol. The summed E-state index contributed by atoms with van der Waals surface area (Å²) in [7, 11) is 0. The van der Waals surface area contributed by atoms with Gasteiger partial charge in [-0.25, -0.2) is 4.79 Å². The third-order valence-electron chi connectivity index (χ3n) is 3.15. The Kier molecular flexibility index (Phi) is 3.60. The minimum atomic E-state index is -0.116. The Morgan fingerprint density at radius 1 is 1.40 bits per heavy atom. The Hall–Kier alpha value is -0.770. The van der Waals surface area contributed by atoms with E-state index in [0.717, 1.165) is 19.5 Å². The van der Waals surface area contributed by atoms with Crippen molar-refractivity contribution in [3.63, 3.8) is 0 Å². The van der Waals surface area contributed by atoms with Crippen LogP contribution < -0.4 is 5.73 Å². The second kappa shape index (κ2) is 4.39. The Morgan fingerprint density at radius 3 is 2.40 bits per heavy atom. The summed E-state index contributed by atoms with van der Waals surface area (Å²) in [6.07, 6.45) is 0.852. The number of carbonyl (C=O) groups is 1. The molecule has 2 amide bonds. The van der Waals surface area contributed by atoms with Gasteiger partial charge in [-0.15, -0.1) is 0 Å². The molecule has 0 saturated carbocycles. The van der Waals surface area contributed by atoms with Crippen LogP contribution in [0.15, 0.2) is 0 Å². The number of amides is 2. The van der Waals surface area contributed by atoms with Gasteiger partial charge in [0.15, 0.2) is 0 Å². The van der Waals surface area contributed by atoms with Crippen molar-refractivity contribution >= 4 is 6.03 Å². The van der Waals surface area contributed by atoms with Gasteiger partial charge in [0.05, 0.1) is 0 Å². The molecule has 4 heteroatoms. The zero-order valence-corrected chi connectivity index (χ0v) is 10.3. The van der Waals surface area contributed by atoms with E-state index in [-0.39, 0.29) is 17.6 Å². The summed E-state index contributed by atoms with van der Waals surface area (Å²) < 4.78 is 0. The van der Waals surface area contributed by atoms with Crippen LogP contribution in [0.4, 0.5) is 4.79 Å². The average molecular weight is 213 g/mol. The van der Waals surface area contributed by atoms with Crippen molar-refractivity contribution in [1.29, 1.82) is 0 Å². The van der Waals surface area contributed by atoms with Crippen LogP contribution in [0.2, 0.25) is 0 Å². The van der Waals surface area contributed by atoms with Crippen molar-refractivity contribution in [2.45, 2.75) is 45.7 Å². The van der Waals surface area contributed by atoms with E-state index in [4.69, 9.17) is 5.73 Å². The van der Waals surface area contributed by atoms with Crippen molar-refractivity contribution < 1.29 is 4.79 Å². The standard InChI is InChI=1S/C11H23N3O/c1-9(2)13-7-8-14(10(13)15)11(3,4)5-6-12/h9H,5-8,12H2,1-4H3. The normalized spacial score (nSPS) is 18.1. The number of urea groups is 1. The number of nitrogens with two attached hydrogens (primary N) is 1. The lowest BCUT2D eigenvalue weighted by atomic mass is 9.99. The minimum Gasteiger partial charge on any atom is -0.330 e. The van der Waals surface area contributed by atoms with Crippen molar-refractivity contribution in [3.8, 4) is 0 Å². The molecule has 15 heavy (non-hydrogen) atoms. The average Bonchev–Trinajstić information content (AvgIpc) is 2.47. The maximum Gasteiger partial charge on any atom is 0.320 e. The summed E-state index contributed by atoms with van der Waals surface area (Å²) in [5.74, 6) is 0. The van der Waals surface area contributed by atoms with E-state index in [9.17, 15) is 4.79 Å². The number of hydrogen-bond donors (Lipinski definition) is 1. The lowest BCUT2D eigenvalue weighted by molar-refractivity contribution is 0.138. The number of nitrogens with zero attached hydrogens (tertiary/aromatic N) is 2. The number of rotatable bonds is 4. The van der Waals surface area contributed by atoms with Gasteiger partial charge in [-0.1, -0.05) is 0 Å². The highest BCUT2D eigenvalue weighted by Crippen LogP contribution is 2.24. The van der Waals surface area contributed by atoms with Crippen LogP contribution in [0.1, 0.15) is 34.1 Å². The van der Waals surface area contributed by atoms with Crippen LogP contribution >= 0.6 is 0 Å². The van der Waals surface area contributed by atoms with E-state index >= 15 is 0 Å². The van der Waals surface area contributed by atoms with E-state index in [1.165, 1.54) is 0 Å². The molecule has 1 saturated heterocycles. The van der Waals surface area contributed by atoms with Crippen LogP contribution in [0.3, 0.4) is 0 Å². The largest absolute Gasteiger partial charge is 0.330 e. The molecule has 1 rings (SSSR count). The molecule has 0 aromatic heterocycles. The molecular formula is C11H23N3O. The van der Waals surface area contributed by atoms with Crippen LogP contribution in [0.25, 0.3) is 0 Å². The Balaban J connectivity index is 2.71. The second-order valence-electron chi connectivity index (χ2n) is 5.07. The molecule has 0 unspecified atom stereocenters. The topological polar surface area (TPSA) is 49.6 Å². The molecule has 0 aliphatic carbocycles. The fourth-order valence-electron chi connectivity index (χ4n) is 2.08. The fraction of sp³-hybridized carbons (Fsp3) is 0.909. The number of carbonyl (C=O) groups excluding carboxylic acids is 1. The first-order valence-electron chi connectivity index (χ1n) is 5.68. The molecule has 2 N–H and O–H groups in total. The van der Waals surface area contributed by atoms with Gasteiger partial charge in [-0.2, -0.15) is 0 Å². The molecule has 0 radical (unpaired) electrons. The van der Waals surface area contributed by atoms with Crippen LogP contribution in [0, 0.1) is 0 Å². The van der Waals surface area contributed by atoms with E-state index in [1.54, 1.807) is 0 Å². The quantitative estimate of drug-likeness (QED) is 0.764. The highest BCUT2D eigenvalue weighted by Gasteiger charge is 2.38. The number of hydrogen-bond acceptors (Lipinski definition) is 2. The summed E-state index contributed by atoms with van der Waals surface area (Å²) in [5.41, 5.74) is 5.45. The maximum absolute atomic E-state index is 12.1. The molecule has 1 aliphatic heterocycles. The van der Waals surface area contributed by atoms with E-state index in [1.807, 2.05) is 9.80 Å². The molecule has 0 spiro atoms. The molecule has 0 aromatic rings. The summed E-state index contributed by atoms with van der Waals surface area (Å²) in [5, 5.41) is 0. The smallest absolute Gasteiger partial charge is 0.320 e. The summed E-state index contributed by atoms with van der Waals surface area (Å²) in [6, 6.07) is 0.444. The van der Waals surface area contributed by atoms with Gasteiger partial charge in [-0.05, 0) is 40.7 Å². The Morgan fingerprint density at radius 2 is 2.00 bits per heavy atom. The first-order chi connectivity index (χ1) is 6.90. The van der Waals surface area contributed by atoms with Gasteiger partial charge in [0.25, 0.3) is 0 Å². The SMILES string of the molecule is CC(C)N1CCN(C(C)(C)CCN)C1=O. The third-order valence-corrected chi connectivity index (χ3v) is 3.15. The molecule has 4 nitrogen and oxygen atoms in total.